The molecule has 5 nitrogen and oxygen atoms in total. The molecule has 0 radical (unpaired) electrons. The highest BCUT2D eigenvalue weighted by atomic mass is 35.5. The Balaban J connectivity index is 1.81. The van der Waals surface area contributed by atoms with Gasteiger partial charge in [-0.3, -0.25) is 9.59 Å². The van der Waals surface area contributed by atoms with Gasteiger partial charge in [-0.05, 0) is 36.8 Å². The molecule has 1 fully saturated rings. The molecule has 2 amide bonds. The van der Waals surface area contributed by atoms with Gasteiger partial charge in [0.1, 0.15) is 4.64 Å². The number of aromatic nitrogens is 1. The highest BCUT2D eigenvalue weighted by Gasteiger charge is 2.23. The zero-order chi connectivity index (χ0) is 16.4. The molecule has 2 heterocycles. The average molecular weight is 348 g/mol. The number of anilines is 2. The van der Waals surface area contributed by atoms with Crippen molar-refractivity contribution in [1.82, 2.24) is 4.98 Å². The summed E-state index contributed by atoms with van der Waals surface area (Å²) in [6.07, 6.45) is 3.04. The third-order valence-corrected chi connectivity index (χ3v) is 4.27. The van der Waals surface area contributed by atoms with Gasteiger partial charge in [-0.1, -0.05) is 23.8 Å². The maximum Gasteiger partial charge on any atom is 0.258 e. The number of halogens is 1. The molecule has 1 aliphatic heterocycles. The maximum atomic E-state index is 12.2. The number of pyridine rings is 1. The minimum Gasteiger partial charge on any atom is -0.352 e. The van der Waals surface area contributed by atoms with E-state index in [1.54, 1.807) is 41.4 Å². The number of hydrogen-bond acceptors (Lipinski definition) is 3. The fourth-order valence-electron chi connectivity index (χ4n) is 2.51. The van der Waals surface area contributed by atoms with E-state index in [0.717, 1.165) is 6.42 Å². The zero-order valence-corrected chi connectivity index (χ0v) is 13.7. The fourth-order valence-corrected chi connectivity index (χ4v) is 3.02. The van der Waals surface area contributed by atoms with Crippen LogP contribution in [0, 0.1) is 4.64 Å². The van der Waals surface area contributed by atoms with Crippen LogP contribution in [0.15, 0.2) is 36.5 Å². The van der Waals surface area contributed by atoms with Gasteiger partial charge in [0.2, 0.25) is 5.91 Å². The Hall–Kier alpha value is -2.18. The van der Waals surface area contributed by atoms with E-state index in [1.165, 1.54) is 0 Å². The normalized spacial score (nSPS) is 14.1. The Morgan fingerprint density at radius 3 is 2.83 bits per heavy atom. The van der Waals surface area contributed by atoms with Gasteiger partial charge in [-0.15, -0.1) is 0 Å². The summed E-state index contributed by atoms with van der Waals surface area (Å²) in [7, 11) is 0. The minimum absolute atomic E-state index is 0.0688. The van der Waals surface area contributed by atoms with E-state index in [0.29, 0.717) is 39.6 Å². The SMILES string of the molecule is O=C(Nc1ccc(N2CCCC2=O)c(Cl)c1)c1ccc[nH]c1=S. The second kappa shape index (κ2) is 6.52. The summed E-state index contributed by atoms with van der Waals surface area (Å²) in [6, 6.07) is 8.45. The van der Waals surface area contributed by atoms with Crippen LogP contribution in [-0.4, -0.2) is 23.3 Å². The van der Waals surface area contributed by atoms with Crippen molar-refractivity contribution in [2.75, 3.05) is 16.8 Å². The first-order chi connectivity index (χ1) is 11.1. The van der Waals surface area contributed by atoms with Crippen LogP contribution >= 0.6 is 23.8 Å². The summed E-state index contributed by atoms with van der Waals surface area (Å²) in [4.78, 5) is 28.5. The Labute approximate surface area is 143 Å². The summed E-state index contributed by atoms with van der Waals surface area (Å²) in [5.41, 5.74) is 1.61. The lowest BCUT2D eigenvalue weighted by Gasteiger charge is -2.18. The molecule has 118 valence electrons. The van der Waals surface area contributed by atoms with Crippen molar-refractivity contribution in [3.8, 4) is 0 Å². The highest BCUT2D eigenvalue weighted by Crippen LogP contribution is 2.31. The van der Waals surface area contributed by atoms with Gasteiger partial charge in [-0.2, -0.15) is 0 Å². The van der Waals surface area contributed by atoms with Crippen molar-refractivity contribution in [3.05, 3.63) is 51.8 Å². The predicted molar refractivity (Wildman–Crippen MR) is 92.6 cm³/mol. The Morgan fingerprint density at radius 2 is 2.17 bits per heavy atom. The van der Waals surface area contributed by atoms with Crippen molar-refractivity contribution >= 4 is 47.0 Å². The van der Waals surface area contributed by atoms with Crippen molar-refractivity contribution < 1.29 is 9.59 Å². The summed E-state index contributed by atoms with van der Waals surface area (Å²) >= 11 is 11.4. The maximum absolute atomic E-state index is 12.2. The molecular formula is C16H14ClN3O2S. The van der Waals surface area contributed by atoms with E-state index in [9.17, 15) is 9.59 Å². The van der Waals surface area contributed by atoms with Crippen molar-refractivity contribution in [2.24, 2.45) is 0 Å². The topological polar surface area (TPSA) is 65.2 Å². The van der Waals surface area contributed by atoms with Gasteiger partial charge in [0, 0.05) is 24.8 Å². The Kier molecular flexibility index (Phi) is 4.45. The first kappa shape index (κ1) is 15.7. The highest BCUT2D eigenvalue weighted by molar-refractivity contribution is 7.71. The molecule has 1 aromatic heterocycles. The number of carbonyl (C=O) groups excluding carboxylic acids is 2. The van der Waals surface area contributed by atoms with Crippen LogP contribution in [0.25, 0.3) is 0 Å². The number of amides is 2. The Bertz CT molecular complexity index is 834. The Morgan fingerprint density at radius 1 is 1.35 bits per heavy atom. The number of nitrogens with zero attached hydrogens (tertiary/aromatic N) is 1. The van der Waals surface area contributed by atoms with Gasteiger partial charge in [0.15, 0.2) is 0 Å². The monoisotopic (exact) mass is 347 g/mol. The number of H-pyrrole nitrogens is 1. The van der Waals surface area contributed by atoms with E-state index >= 15 is 0 Å². The molecule has 1 saturated heterocycles. The molecule has 0 atom stereocenters. The van der Waals surface area contributed by atoms with Crippen LogP contribution in [-0.2, 0) is 4.79 Å². The van der Waals surface area contributed by atoms with Gasteiger partial charge in [-0.25, -0.2) is 0 Å². The van der Waals surface area contributed by atoms with Gasteiger partial charge in [0.25, 0.3) is 5.91 Å². The molecule has 7 heteroatoms. The molecule has 1 aliphatic rings. The summed E-state index contributed by atoms with van der Waals surface area (Å²) < 4.78 is 0.371. The van der Waals surface area contributed by atoms with Crippen molar-refractivity contribution in [2.45, 2.75) is 12.8 Å². The van der Waals surface area contributed by atoms with Gasteiger partial charge >= 0.3 is 0 Å². The first-order valence-electron chi connectivity index (χ1n) is 7.15. The van der Waals surface area contributed by atoms with E-state index in [-0.39, 0.29) is 11.8 Å². The third-order valence-electron chi connectivity index (χ3n) is 3.63. The van der Waals surface area contributed by atoms with Crippen LogP contribution in [0.3, 0.4) is 0 Å². The largest absolute Gasteiger partial charge is 0.352 e. The van der Waals surface area contributed by atoms with Crippen LogP contribution in [0.4, 0.5) is 11.4 Å². The first-order valence-corrected chi connectivity index (χ1v) is 7.94. The second-order valence-electron chi connectivity index (χ2n) is 5.18. The number of hydrogen-bond donors (Lipinski definition) is 2. The number of aromatic amines is 1. The van der Waals surface area contributed by atoms with E-state index in [4.69, 9.17) is 23.8 Å². The van der Waals surface area contributed by atoms with Crippen LogP contribution < -0.4 is 10.2 Å². The number of benzene rings is 1. The van der Waals surface area contributed by atoms with E-state index in [2.05, 4.69) is 10.3 Å². The molecule has 0 unspecified atom stereocenters. The zero-order valence-electron chi connectivity index (χ0n) is 12.1. The van der Waals surface area contributed by atoms with Crippen LogP contribution in [0.5, 0.6) is 0 Å². The minimum atomic E-state index is -0.312. The molecular weight excluding hydrogens is 334 g/mol. The number of carbonyl (C=O) groups is 2. The predicted octanol–water partition coefficient (Wildman–Crippen LogP) is 3.78. The molecule has 0 aliphatic carbocycles. The lowest BCUT2D eigenvalue weighted by molar-refractivity contribution is -0.117. The summed E-state index contributed by atoms with van der Waals surface area (Å²) in [5, 5.41) is 3.18. The summed E-state index contributed by atoms with van der Waals surface area (Å²) in [5.74, 6) is -0.243. The smallest absolute Gasteiger partial charge is 0.258 e. The van der Waals surface area contributed by atoms with Gasteiger partial charge < -0.3 is 15.2 Å². The van der Waals surface area contributed by atoms with Crippen LogP contribution in [0.2, 0.25) is 5.02 Å². The van der Waals surface area contributed by atoms with E-state index in [1.807, 2.05) is 0 Å². The average Bonchev–Trinajstić information content (AvgIpc) is 2.94. The second-order valence-corrected chi connectivity index (χ2v) is 6.00. The fraction of sp³-hybridized carbons (Fsp3) is 0.188. The quantitative estimate of drug-likeness (QED) is 0.830. The molecule has 2 aromatic rings. The lowest BCUT2D eigenvalue weighted by Crippen LogP contribution is -2.24. The number of rotatable bonds is 3. The summed E-state index contributed by atoms with van der Waals surface area (Å²) in [6.45, 7) is 0.670. The lowest BCUT2D eigenvalue weighted by atomic mass is 10.2. The molecule has 0 saturated carbocycles. The third kappa shape index (κ3) is 3.28. The van der Waals surface area contributed by atoms with Crippen molar-refractivity contribution in [1.29, 1.82) is 0 Å². The molecule has 0 spiro atoms. The molecule has 3 rings (SSSR count). The molecule has 2 N–H and O–H groups in total. The van der Waals surface area contributed by atoms with Crippen LogP contribution in [0.1, 0.15) is 23.2 Å². The number of nitrogens with one attached hydrogen (secondary N) is 2. The van der Waals surface area contributed by atoms with Crippen molar-refractivity contribution in [3.63, 3.8) is 0 Å². The van der Waals surface area contributed by atoms with E-state index < -0.39 is 0 Å². The van der Waals surface area contributed by atoms with Gasteiger partial charge in [0.05, 0.1) is 16.3 Å². The standard InChI is InChI=1S/C16H14ClN3O2S/c17-12-9-10(5-6-13(12)20-8-2-4-14(20)21)19-15(22)11-3-1-7-18-16(11)23/h1,3,5-7,9H,2,4,8H2,(H,18,23)(H,19,22). The molecule has 0 bridgehead atoms. The molecule has 1 aromatic carbocycles. The molecule has 23 heavy (non-hydrogen) atoms.